The second-order valence-corrected chi connectivity index (χ2v) is 5.10. The Kier molecular flexibility index (Phi) is 4.74. The van der Waals surface area contributed by atoms with Crippen LogP contribution >= 0.6 is 0 Å². The average molecular weight is 277 g/mol. The van der Waals surface area contributed by atoms with Crippen molar-refractivity contribution >= 4 is 11.9 Å². The number of rotatable bonds is 5. The summed E-state index contributed by atoms with van der Waals surface area (Å²) in [5, 5.41) is 11.8. The van der Waals surface area contributed by atoms with Crippen molar-refractivity contribution in [3.8, 4) is 0 Å². The Hall–Kier alpha value is -1.88. The number of ether oxygens (including phenoxy) is 1. The van der Waals surface area contributed by atoms with E-state index in [4.69, 9.17) is 4.74 Å². The molecule has 3 atom stereocenters. The molecule has 5 heteroatoms. The molecule has 1 aromatic carbocycles. The van der Waals surface area contributed by atoms with Crippen LogP contribution in [0.3, 0.4) is 0 Å². The lowest BCUT2D eigenvalue weighted by Crippen LogP contribution is -2.46. The van der Waals surface area contributed by atoms with E-state index < -0.39 is 18.1 Å². The highest BCUT2D eigenvalue weighted by atomic mass is 16.5. The number of benzene rings is 1. The van der Waals surface area contributed by atoms with E-state index in [9.17, 15) is 14.7 Å². The molecule has 1 aliphatic heterocycles. The molecule has 5 nitrogen and oxygen atoms in total. The van der Waals surface area contributed by atoms with Gasteiger partial charge in [0.2, 0.25) is 5.91 Å². The second-order valence-electron chi connectivity index (χ2n) is 5.10. The summed E-state index contributed by atoms with van der Waals surface area (Å²) < 4.78 is 5.45. The quantitative estimate of drug-likeness (QED) is 0.852. The molecule has 1 aromatic rings. The van der Waals surface area contributed by atoms with Gasteiger partial charge in [-0.15, -0.1) is 0 Å². The van der Waals surface area contributed by atoms with Crippen LogP contribution in [-0.2, 0) is 20.7 Å². The minimum Gasteiger partial charge on any atom is -0.480 e. The lowest BCUT2D eigenvalue weighted by Gasteiger charge is -2.17. The first kappa shape index (κ1) is 14.5. The molecule has 108 valence electrons. The Morgan fingerprint density at radius 1 is 1.35 bits per heavy atom. The average Bonchev–Trinajstić information content (AvgIpc) is 2.86. The van der Waals surface area contributed by atoms with Crippen LogP contribution in [0.4, 0.5) is 0 Å². The van der Waals surface area contributed by atoms with E-state index >= 15 is 0 Å². The van der Waals surface area contributed by atoms with Gasteiger partial charge in [-0.1, -0.05) is 30.3 Å². The fourth-order valence-corrected chi connectivity index (χ4v) is 2.31. The molecular formula is C15H19NO4. The summed E-state index contributed by atoms with van der Waals surface area (Å²) >= 11 is 0. The molecule has 1 fully saturated rings. The van der Waals surface area contributed by atoms with Gasteiger partial charge in [0.05, 0.1) is 6.10 Å². The molecule has 0 saturated carbocycles. The van der Waals surface area contributed by atoms with Crippen molar-refractivity contribution < 1.29 is 19.4 Å². The Balaban J connectivity index is 1.96. The SMILES string of the molecule is C[C@@H]1CC[C@H](C(=O)N[C@@H](Cc2ccccc2)C(=O)O)O1. The van der Waals surface area contributed by atoms with E-state index in [0.29, 0.717) is 6.42 Å². The zero-order chi connectivity index (χ0) is 14.5. The lowest BCUT2D eigenvalue weighted by molar-refractivity contribution is -0.144. The van der Waals surface area contributed by atoms with E-state index in [1.54, 1.807) is 0 Å². The van der Waals surface area contributed by atoms with Crippen LogP contribution in [0.1, 0.15) is 25.3 Å². The lowest BCUT2D eigenvalue weighted by atomic mass is 10.1. The number of carboxylic acid groups (broad SMARTS) is 1. The molecule has 1 heterocycles. The van der Waals surface area contributed by atoms with Gasteiger partial charge >= 0.3 is 5.97 Å². The van der Waals surface area contributed by atoms with Gasteiger partial charge in [0.25, 0.3) is 0 Å². The van der Waals surface area contributed by atoms with Gasteiger partial charge in [-0.2, -0.15) is 0 Å². The number of carbonyl (C=O) groups is 2. The van der Waals surface area contributed by atoms with Gasteiger partial charge in [0, 0.05) is 6.42 Å². The normalized spacial score (nSPS) is 23.2. The Morgan fingerprint density at radius 2 is 2.05 bits per heavy atom. The summed E-state index contributed by atoms with van der Waals surface area (Å²) in [6.07, 6.45) is 1.27. The van der Waals surface area contributed by atoms with Crippen molar-refractivity contribution in [3.63, 3.8) is 0 Å². The predicted molar refractivity (Wildman–Crippen MR) is 73.3 cm³/mol. The van der Waals surface area contributed by atoms with Crippen LogP contribution in [0.2, 0.25) is 0 Å². The van der Waals surface area contributed by atoms with Crippen molar-refractivity contribution in [2.75, 3.05) is 0 Å². The van der Waals surface area contributed by atoms with E-state index in [0.717, 1.165) is 12.0 Å². The van der Waals surface area contributed by atoms with Gasteiger partial charge in [-0.25, -0.2) is 4.79 Å². The first-order valence-electron chi connectivity index (χ1n) is 6.79. The number of nitrogens with one attached hydrogen (secondary N) is 1. The molecule has 2 N–H and O–H groups in total. The monoisotopic (exact) mass is 277 g/mol. The van der Waals surface area contributed by atoms with Crippen molar-refractivity contribution in [3.05, 3.63) is 35.9 Å². The van der Waals surface area contributed by atoms with Gasteiger partial charge in [0.15, 0.2) is 0 Å². The zero-order valence-corrected chi connectivity index (χ0v) is 11.4. The number of amides is 1. The maximum Gasteiger partial charge on any atom is 0.326 e. The molecular weight excluding hydrogens is 258 g/mol. The molecule has 1 aliphatic rings. The Morgan fingerprint density at radius 3 is 2.60 bits per heavy atom. The highest BCUT2D eigenvalue weighted by Crippen LogP contribution is 2.19. The Labute approximate surface area is 117 Å². The van der Waals surface area contributed by atoms with Crippen LogP contribution in [0.15, 0.2) is 30.3 Å². The highest BCUT2D eigenvalue weighted by molar-refractivity contribution is 5.86. The molecule has 0 aliphatic carbocycles. The van der Waals surface area contributed by atoms with Crippen LogP contribution in [0.25, 0.3) is 0 Å². The van der Waals surface area contributed by atoms with E-state index in [1.165, 1.54) is 0 Å². The summed E-state index contributed by atoms with van der Waals surface area (Å²) in [7, 11) is 0. The van der Waals surface area contributed by atoms with E-state index in [2.05, 4.69) is 5.32 Å². The predicted octanol–water partition coefficient (Wildman–Crippen LogP) is 1.37. The van der Waals surface area contributed by atoms with Crippen LogP contribution < -0.4 is 5.32 Å². The molecule has 20 heavy (non-hydrogen) atoms. The number of aliphatic carboxylic acids is 1. The summed E-state index contributed by atoms with van der Waals surface area (Å²) in [6, 6.07) is 8.32. The summed E-state index contributed by atoms with van der Waals surface area (Å²) in [6.45, 7) is 1.91. The van der Waals surface area contributed by atoms with Gasteiger partial charge in [0.1, 0.15) is 12.1 Å². The number of hydrogen-bond donors (Lipinski definition) is 2. The molecule has 0 spiro atoms. The standard InChI is InChI=1S/C15H19NO4/c1-10-7-8-13(20-10)14(17)16-12(15(18)19)9-11-5-3-2-4-6-11/h2-6,10,12-13H,7-9H2,1H3,(H,16,17)(H,18,19)/t10-,12+,13-/m1/s1. The maximum absolute atomic E-state index is 12.0. The van der Waals surface area contributed by atoms with Crippen molar-refractivity contribution in [2.45, 2.75) is 44.4 Å². The van der Waals surface area contributed by atoms with Crippen LogP contribution in [-0.4, -0.2) is 35.2 Å². The summed E-state index contributed by atoms with van der Waals surface area (Å²) in [5.41, 5.74) is 0.876. The van der Waals surface area contributed by atoms with Crippen LogP contribution in [0.5, 0.6) is 0 Å². The van der Waals surface area contributed by atoms with Crippen molar-refractivity contribution in [2.24, 2.45) is 0 Å². The third kappa shape index (κ3) is 3.81. The van der Waals surface area contributed by atoms with E-state index in [-0.39, 0.29) is 18.4 Å². The minimum absolute atomic E-state index is 0.0585. The van der Waals surface area contributed by atoms with Gasteiger partial charge in [-0.05, 0) is 25.3 Å². The number of hydrogen-bond acceptors (Lipinski definition) is 3. The van der Waals surface area contributed by atoms with Gasteiger partial charge < -0.3 is 15.2 Å². The first-order chi connectivity index (χ1) is 9.56. The first-order valence-corrected chi connectivity index (χ1v) is 6.79. The molecule has 2 rings (SSSR count). The number of carbonyl (C=O) groups excluding carboxylic acids is 1. The third-order valence-corrected chi connectivity index (χ3v) is 3.42. The molecule has 1 saturated heterocycles. The Bertz CT molecular complexity index is 474. The molecule has 1 amide bonds. The second kappa shape index (κ2) is 6.52. The van der Waals surface area contributed by atoms with Crippen molar-refractivity contribution in [1.82, 2.24) is 5.32 Å². The fourth-order valence-electron chi connectivity index (χ4n) is 2.31. The third-order valence-electron chi connectivity index (χ3n) is 3.42. The maximum atomic E-state index is 12.0. The smallest absolute Gasteiger partial charge is 0.326 e. The largest absolute Gasteiger partial charge is 0.480 e. The molecule has 0 aromatic heterocycles. The van der Waals surface area contributed by atoms with Crippen molar-refractivity contribution in [1.29, 1.82) is 0 Å². The highest BCUT2D eigenvalue weighted by Gasteiger charge is 2.31. The summed E-state index contributed by atoms with van der Waals surface area (Å²) in [4.78, 5) is 23.3. The fraction of sp³-hybridized carbons (Fsp3) is 0.467. The molecule has 0 bridgehead atoms. The topological polar surface area (TPSA) is 75.6 Å². The number of carboxylic acids is 1. The summed E-state index contributed by atoms with van der Waals surface area (Å²) in [5.74, 6) is -1.37. The molecule has 0 radical (unpaired) electrons. The zero-order valence-electron chi connectivity index (χ0n) is 11.4. The van der Waals surface area contributed by atoms with Gasteiger partial charge in [-0.3, -0.25) is 4.79 Å². The molecule has 0 unspecified atom stereocenters. The van der Waals surface area contributed by atoms with E-state index in [1.807, 2.05) is 37.3 Å². The minimum atomic E-state index is -1.03. The van der Waals surface area contributed by atoms with Crippen LogP contribution in [0, 0.1) is 0 Å².